The molecule has 0 aliphatic heterocycles. The fourth-order valence-electron chi connectivity index (χ4n) is 1.29. The lowest BCUT2D eigenvalue weighted by atomic mass is 10.1. The summed E-state index contributed by atoms with van der Waals surface area (Å²) in [6, 6.07) is 4.48. The van der Waals surface area contributed by atoms with Gasteiger partial charge in [0.2, 0.25) is 0 Å². The first-order valence-electron chi connectivity index (χ1n) is 5.74. The Morgan fingerprint density at radius 3 is 2.56 bits per heavy atom. The Bertz CT molecular complexity index is 443. The van der Waals surface area contributed by atoms with Gasteiger partial charge in [-0.05, 0) is 31.5 Å². The minimum atomic E-state index is -0.879. The summed E-state index contributed by atoms with van der Waals surface area (Å²) in [5, 5.41) is 0.304. The van der Waals surface area contributed by atoms with Gasteiger partial charge in [0.05, 0.1) is 18.2 Å². The van der Waals surface area contributed by atoms with Crippen molar-refractivity contribution in [3.63, 3.8) is 0 Å². The summed E-state index contributed by atoms with van der Waals surface area (Å²) < 4.78 is 10.00. The van der Waals surface area contributed by atoms with E-state index in [4.69, 9.17) is 16.3 Å². The molecule has 0 heterocycles. The molecule has 0 aliphatic carbocycles. The highest BCUT2D eigenvalue weighted by Gasteiger charge is 2.18. The lowest BCUT2D eigenvalue weighted by Gasteiger charge is -2.08. The molecule has 0 fully saturated rings. The molecule has 0 spiro atoms. The predicted octanol–water partition coefficient (Wildman–Crippen LogP) is 2.87. The van der Waals surface area contributed by atoms with Crippen LogP contribution in [0.4, 0.5) is 0 Å². The van der Waals surface area contributed by atoms with Crippen LogP contribution in [0.3, 0.4) is 0 Å². The van der Waals surface area contributed by atoms with E-state index in [9.17, 15) is 9.59 Å². The van der Waals surface area contributed by atoms with E-state index >= 15 is 0 Å². The zero-order valence-electron chi connectivity index (χ0n) is 10.4. The van der Waals surface area contributed by atoms with Crippen molar-refractivity contribution in [1.82, 2.24) is 0 Å². The number of ether oxygens (including phenoxy) is 2. The van der Waals surface area contributed by atoms with Crippen LogP contribution in [-0.4, -0.2) is 25.0 Å². The van der Waals surface area contributed by atoms with Crippen molar-refractivity contribution in [3.05, 3.63) is 28.8 Å². The third-order valence-corrected chi connectivity index (χ3v) is 2.41. The molecule has 5 heteroatoms. The molecule has 0 amide bonds. The van der Waals surface area contributed by atoms with Gasteiger partial charge in [0.1, 0.15) is 5.75 Å². The molecule has 0 saturated heterocycles. The number of benzene rings is 1. The topological polar surface area (TPSA) is 52.6 Å². The first-order valence-corrected chi connectivity index (χ1v) is 6.11. The number of halogens is 1. The number of carbonyl (C=O) groups is 2. The van der Waals surface area contributed by atoms with Crippen molar-refractivity contribution in [1.29, 1.82) is 0 Å². The molecule has 4 nitrogen and oxygen atoms in total. The van der Waals surface area contributed by atoms with Crippen molar-refractivity contribution >= 4 is 23.4 Å². The van der Waals surface area contributed by atoms with E-state index in [1.165, 1.54) is 12.1 Å². The van der Waals surface area contributed by atoms with Crippen LogP contribution in [-0.2, 0) is 9.53 Å². The lowest BCUT2D eigenvalue weighted by Crippen LogP contribution is -2.17. The second kappa shape index (κ2) is 7.01. The molecule has 1 aromatic carbocycles. The maximum absolute atomic E-state index is 11.6. The van der Waals surface area contributed by atoms with Crippen LogP contribution >= 0.6 is 11.6 Å². The smallest absolute Gasteiger partial charge is 0.379 e. The first-order chi connectivity index (χ1) is 8.60. The summed E-state index contributed by atoms with van der Waals surface area (Å²) in [7, 11) is 0. The minimum absolute atomic E-state index is 0.163. The average Bonchev–Trinajstić information content (AvgIpc) is 2.36. The van der Waals surface area contributed by atoms with E-state index in [1.807, 2.05) is 6.92 Å². The molecular weight excluding hydrogens is 256 g/mol. The van der Waals surface area contributed by atoms with Crippen molar-refractivity contribution < 1.29 is 19.1 Å². The number of hydrogen-bond donors (Lipinski definition) is 0. The average molecular weight is 271 g/mol. The molecule has 0 bridgehead atoms. The zero-order valence-corrected chi connectivity index (χ0v) is 11.1. The van der Waals surface area contributed by atoms with Gasteiger partial charge < -0.3 is 9.47 Å². The normalized spacial score (nSPS) is 9.94. The largest absolute Gasteiger partial charge is 0.492 e. The molecule has 0 aliphatic rings. The van der Waals surface area contributed by atoms with Gasteiger partial charge in [-0.25, -0.2) is 4.79 Å². The summed E-state index contributed by atoms with van der Waals surface area (Å²) in [5.74, 6) is -1.09. The second-order valence-corrected chi connectivity index (χ2v) is 3.95. The third kappa shape index (κ3) is 3.74. The number of ketones is 1. The van der Waals surface area contributed by atoms with Crippen LogP contribution in [0.5, 0.6) is 5.75 Å². The highest BCUT2D eigenvalue weighted by molar-refractivity contribution is 6.41. The van der Waals surface area contributed by atoms with Crippen LogP contribution in [0.2, 0.25) is 5.02 Å². The Morgan fingerprint density at radius 2 is 2.00 bits per heavy atom. The van der Waals surface area contributed by atoms with Gasteiger partial charge in [-0.2, -0.15) is 0 Å². The van der Waals surface area contributed by atoms with E-state index < -0.39 is 11.8 Å². The van der Waals surface area contributed by atoms with Gasteiger partial charge in [-0.1, -0.05) is 18.5 Å². The Balaban J connectivity index is 2.83. The summed E-state index contributed by atoms with van der Waals surface area (Å²) in [6.45, 7) is 4.33. The van der Waals surface area contributed by atoms with Gasteiger partial charge in [0, 0.05) is 5.56 Å². The highest BCUT2D eigenvalue weighted by Crippen LogP contribution is 2.25. The molecule has 98 valence electrons. The fraction of sp³-hybridized carbons (Fsp3) is 0.385. The summed E-state index contributed by atoms with van der Waals surface area (Å²) in [6.07, 6.45) is 0.861. The fourth-order valence-corrected chi connectivity index (χ4v) is 1.52. The first kappa shape index (κ1) is 14.5. The Morgan fingerprint density at radius 1 is 1.28 bits per heavy atom. The number of esters is 1. The summed E-state index contributed by atoms with van der Waals surface area (Å²) >= 11 is 5.96. The predicted molar refractivity (Wildman–Crippen MR) is 68.2 cm³/mol. The summed E-state index contributed by atoms with van der Waals surface area (Å²) in [4.78, 5) is 22.9. The van der Waals surface area contributed by atoms with Gasteiger partial charge in [0.15, 0.2) is 0 Å². The molecule has 0 N–H and O–H groups in total. The molecule has 1 rings (SSSR count). The number of rotatable bonds is 6. The molecule has 0 atom stereocenters. The van der Waals surface area contributed by atoms with E-state index in [-0.39, 0.29) is 12.2 Å². The van der Waals surface area contributed by atoms with Crippen molar-refractivity contribution in [3.8, 4) is 5.75 Å². The van der Waals surface area contributed by atoms with Crippen molar-refractivity contribution in [2.24, 2.45) is 0 Å². The van der Waals surface area contributed by atoms with Gasteiger partial charge in [-0.15, -0.1) is 0 Å². The lowest BCUT2D eigenvalue weighted by molar-refractivity contribution is -0.137. The molecule has 1 aromatic rings. The third-order valence-electron chi connectivity index (χ3n) is 2.12. The van der Waals surface area contributed by atoms with Crippen molar-refractivity contribution in [2.75, 3.05) is 13.2 Å². The van der Waals surface area contributed by atoms with Crippen LogP contribution in [0.1, 0.15) is 30.6 Å². The van der Waals surface area contributed by atoms with Crippen LogP contribution < -0.4 is 4.74 Å². The van der Waals surface area contributed by atoms with Crippen LogP contribution in [0.25, 0.3) is 0 Å². The number of carbonyl (C=O) groups excluding carboxylic acids is 2. The Kier molecular flexibility index (Phi) is 5.65. The molecule has 18 heavy (non-hydrogen) atoms. The standard InChI is InChI=1S/C13H15ClO4/c1-3-7-18-11-6-5-9(8-10(11)14)12(15)13(16)17-4-2/h5-6,8H,3-4,7H2,1-2H3. The molecule has 0 unspecified atom stereocenters. The molecule has 0 saturated carbocycles. The van der Waals surface area contributed by atoms with Gasteiger partial charge >= 0.3 is 5.97 Å². The van der Waals surface area contributed by atoms with E-state index in [1.54, 1.807) is 13.0 Å². The van der Waals surface area contributed by atoms with E-state index in [0.717, 1.165) is 6.42 Å². The number of Topliss-reactive ketones (excluding diaryl/α,β-unsaturated/α-hetero) is 1. The monoisotopic (exact) mass is 270 g/mol. The maximum Gasteiger partial charge on any atom is 0.379 e. The van der Waals surface area contributed by atoms with E-state index in [2.05, 4.69) is 4.74 Å². The van der Waals surface area contributed by atoms with Gasteiger partial charge in [-0.3, -0.25) is 4.79 Å². The quantitative estimate of drug-likeness (QED) is 0.453. The molecule has 0 radical (unpaired) electrons. The zero-order chi connectivity index (χ0) is 13.5. The summed E-state index contributed by atoms with van der Waals surface area (Å²) in [5.41, 5.74) is 0.197. The van der Waals surface area contributed by atoms with Crippen LogP contribution in [0.15, 0.2) is 18.2 Å². The van der Waals surface area contributed by atoms with Crippen LogP contribution in [0, 0.1) is 0 Å². The second-order valence-electron chi connectivity index (χ2n) is 3.54. The minimum Gasteiger partial charge on any atom is -0.492 e. The Labute approximate surface area is 111 Å². The number of hydrogen-bond acceptors (Lipinski definition) is 4. The molecular formula is C13H15ClO4. The van der Waals surface area contributed by atoms with Crippen molar-refractivity contribution in [2.45, 2.75) is 20.3 Å². The molecule has 0 aromatic heterocycles. The maximum atomic E-state index is 11.6. The highest BCUT2D eigenvalue weighted by atomic mass is 35.5. The Hall–Kier alpha value is -1.55. The van der Waals surface area contributed by atoms with Gasteiger partial charge in [0.25, 0.3) is 5.78 Å². The van der Waals surface area contributed by atoms with E-state index in [0.29, 0.717) is 17.4 Å². The SMILES string of the molecule is CCCOc1ccc(C(=O)C(=O)OCC)cc1Cl.